The Kier molecular flexibility index (Phi) is 6.97. The van der Waals surface area contributed by atoms with E-state index in [9.17, 15) is 0 Å². The summed E-state index contributed by atoms with van der Waals surface area (Å²) in [6.45, 7) is 0. The number of hydrogen-bond donors (Lipinski definition) is 0. The van der Waals surface area contributed by atoms with E-state index in [2.05, 4.69) is 223 Å². The van der Waals surface area contributed by atoms with E-state index in [-0.39, 0.29) is 5.92 Å². The molecule has 1 unspecified atom stereocenters. The number of rotatable bonds is 5. The minimum absolute atomic E-state index is 0.0144. The summed E-state index contributed by atoms with van der Waals surface area (Å²) in [6.07, 6.45) is 0. The normalized spacial score (nSPS) is 13.7. The molecule has 9 aromatic carbocycles. The van der Waals surface area contributed by atoms with Crippen LogP contribution in [-0.4, -0.2) is 4.57 Å². The average molecular weight is 724 g/mol. The summed E-state index contributed by atoms with van der Waals surface area (Å²) in [4.78, 5) is 0. The molecule has 1 nitrogen and oxygen atoms in total. The van der Waals surface area contributed by atoms with Gasteiger partial charge in [-0.2, -0.15) is 0 Å². The van der Waals surface area contributed by atoms with Crippen molar-refractivity contribution in [2.45, 2.75) is 11.3 Å². The smallest absolute Gasteiger partial charge is 0.0725 e. The van der Waals surface area contributed by atoms with Crippen LogP contribution in [0.15, 0.2) is 218 Å². The van der Waals surface area contributed by atoms with Gasteiger partial charge in [0.05, 0.1) is 16.4 Å². The standard InChI is InChI=1S/C56H37N/c1-3-15-37(16-4-1)38-27-29-39(30-28-38)55(41-32-34-48-47-22-10-14-26-53(47)57(54(48)36-41)42-17-5-2-6-18-42)40-31-33-46-45-21-9-13-25-51(45)56(52(46)35-40)49-23-11-7-19-43(49)44-20-8-12-24-50(44)56/h1-36,55H. The fourth-order valence-corrected chi connectivity index (χ4v) is 10.4. The zero-order valence-electron chi connectivity index (χ0n) is 31.3. The predicted octanol–water partition coefficient (Wildman–Crippen LogP) is 14.0. The molecule has 12 rings (SSSR count). The van der Waals surface area contributed by atoms with Gasteiger partial charge in [-0.25, -0.2) is 0 Å². The summed E-state index contributed by atoms with van der Waals surface area (Å²) in [7, 11) is 0. The molecule has 1 atom stereocenters. The van der Waals surface area contributed by atoms with Crippen LogP contribution >= 0.6 is 0 Å². The summed E-state index contributed by atoms with van der Waals surface area (Å²) in [5, 5.41) is 2.53. The maximum absolute atomic E-state index is 2.56. The van der Waals surface area contributed by atoms with Crippen LogP contribution in [0, 0.1) is 0 Å². The van der Waals surface area contributed by atoms with E-state index in [0.717, 1.165) is 0 Å². The van der Waals surface area contributed by atoms with Gasteiger partial charge in [0.2, 0.25) is 0 Å². The van der Waals surface area contributed by atoms with Gasteiger partial charge in [-0.05, 0) is 96.6 Å². The number of nitrogens with zero attached hydrogens (tertiary/aromatic N) is 1. The summed E-state index contributed by atoms with van der Waals surface area (Å²) in [5.41, 5.74) is 20.2. The predicted molar refractivity (Wildman–Crippen MR) is 236 cm³/mol. The molecular weight excluding hydrogens is 687 g/mol. The van der Waals surface area contributed by atoms with Gasteiger partial charge in [0.1, 0.15) is 0 Å². The SMILES string of the molecule is c1ccc(-c2ccc(C(c3ccc4c(c3)C3(c5ccccc5-c5ccccc53)c3ccccc3-4)c3ccc4c5ccccc5n(-c5ccccc5)c4c3)cc2)cc1. The van der Waals surface area contributed by atoms with Gasteiger partial charge in [-0.1, -0.05) is 194 Å². The van der Waals surface area contributed by atoms with E-state index in [4.69, 9.17) is 0 Å². The Labute approximate surface area is 332 Å². The fraction of sp³-hybridized carbons (Fsp3) is 0.0357. The first kappa shape index (κ1) is 32.1. The Balaban J connectivity index is 1.12. The highest BCUT2D eigenvalue weighted by atomic mass is 15.0. The van der Waals surface area contributed by atoms with Crippen molar-refractivity contribution in [2.75, 3.05) is 0 Å². The number of aromatic nitrogens is 1. The molecule has 0 N–H and O–H groups in total. The Hall–Kier alpha value is -7.22. The van der Waals surface area contributed by atoms with Crippen LogP contribution in [0.25, 0.3) is 60.9 Å². The lowest BCUT2D eigenvalue weighted by Gasteiger charge is -2.31. The molecule has 1 aromatic heterocycles. The first-order chi connectivity index (χ1) is 28.3. The van der Waals surface area contributed by atoms with Gasteiger partial charge in [0, 0.05) is 22.4 Å². The molecule has 0 bridgehead atoms. The number of para-hydroxylation sites is 2. The minimum Gasteiger partial charge on any atom is -0.309 e. The Bertz CT molecular complexity index is 3110. The van der Waals surface area contributed by atoms with Crippen molar-refractivity contribution in [1.82, 2.24) is 4.57 Å². The van der Waals surface area contributed by atoms with Gasteiger partial charge in [-0.3, -0.25) is 0 Å². The highest BCUT2D eigenvalue weighted by Gasteiger charge is 2.51. The van der Waals surface area contributed by atoms with Crippen molar-refractivity contribution in [1.29, 1.82) is 0 Å². The second-order valence-electron chi connectivity index (χ2n) is 15.6. The third-order valence-electron chi connectivity index (χ3n) is 12.8. The molecule has 0 saturated heterocycles. The molecule has 10 aromatic rings. The van der Waals surface area contributed by atoms with Crippen LogP contribution in [0.1, 0.15) is 44.9 Å². The van der Waals surface area contributed by atoms with E-state index >= 15 is 0 Å². The number of hydrogen-bond acceptors (Lipinski definition) is 0. The lowest BCUT2D eigenvalue weighted by Crippen LogP contribution is -2.26. The molecule has 0 saturated carbocycles. The van der Waals surface area contributed by atoms with Gasteiger partial charge in [-0.15, -0.1) is 0 Å². The first-order valence-electron chi connectivity index (χ1n) is 20.0. The van der Waals surface area contributed by atoms with Crippen LogP contribution in [0.2, 0.25) is 0 Å². The molecule has 1 spiro atoms. The number of fused-ring (bicyclic) bond motifs is 13. The summed E-state index contributed by atoms with van der Waals surface area (Å²) >= 11 is 0. The molecule has 2 aliphatic carbocycles. The summed E-state index contributed by atoms with van der Waals surface area (Å²) < 4.78 is 2.43. The maximum Gasteiger partial charge on any atom is 0.0725 e. The largest absolute Gasteiger partial charge is 0.309 e. The van der Waals surface area contributed by atoms with Crippen molar-refractivity contribution in [2.24, 2.45) is 0 Å². The van der Waals surface area contributed by atoms with Gasteiger partial charge < -0.3 is 4.57 Å². The van der Waals surface area contributed by atoms with Gasteiger partial charge in [0.15, 0.2) is 0 Å². The number of benzene rings is 9. The topological polar surface area (TPSA) is 4.93 Å². The lowest BCUT2D eigenvalue weighted by atomic mass is 9.70. The van der Waals surface area contributed by atoms with Crippen molar-refractivity contribution in [3.05, 3.63) is 257 Å². The van der Waals surface area contributed by atoms with E-state index in [1.165, 1.54) is 99.8 Å². The molecule has 1 heterocycles. The van der Waals surface area contributed by atoms with Crippen molar-refractivity contribution in [3.8, 4) is 39.1 Å². The van der Waals surface area contributed by atoms with Crippen LogP contribution in [0.5, 0.6) is 0 Å². The zero-order chi connectivity index (χ0) is 37.5. The molecule has 0 fully saturated rings. The Morgan fingerprint density at radius 3 is 1.46 bits per heavy atom. The van der Waals surface area contributed by atoms with Gasteiger partial charge in [0.25, 0.3) is 0 Å². The Morgan fingerprint density at radius 1 is 0.316 bits per heavy atom. The van der Waals surface area contributed by atoms with Crippen LogP contribution in [0.4, 0.5) is 0 Å². The molecule has 0 amide bonds. The van der Waals surface area contributed by atoms with Crippen molar-refractivity contribution < 1.29 is 0 Å². The van der Waals surface area contributed by atoms with E-state index < -0.39 is 5.41 Å². The molecule has 57 heavy (non-hydrogen) atoms. The van der Waals surface area contributed by atoms with E-state index in [1.807, 2.05) is 0 Å². The van der Waals surface area contributed by atoms with Crippen LogP contribution in [0.3, 0.4) is 0 Å². The van der Waals surface area contributed by atoms with E-state index in [1.54, 1.807) is 0 Å². The average Bonchev–Trinajstić information content (AvgIpc) is 3.89. The van der Waals surface area contributed by atoms with Crippen LogP contribution < -0.4 is 0 Å². The van der Waals surface area contributed by atoms with Gasteiger partial charge >= 0.3 is 0 Å². The van der Waals surface area contributed by atoms with E-state index in [0.29, 0.717) is 0 Å². The lowest BCUT2D eigenvalue weighted by molar-refractivity contribution is 0.790. The fourth-order valence-electron chi connectivity index (χ4n) is 10.4. The molecule has 0 radical (unpaired) electrons. The quantitative estimate of drug-likeness (QED) is 0.156. The Morgan fingerprint density at radius 2 is 0.789 bits per heavy atom. The molecule has 2 aliphatic rings. The summed E-state index contributed by atoms with van der Waals surface area (Å²) in [6, 6.07) is 81.4. The second kappa shape index (κ2) is 12.4. The highest BCUT2D eigenvalue weighted by Crippen LogP contribution is 2.63. The molecular formula is C56H37N. The second-order valence-corrected chi connectivity index (χ2v) is 15.6. The zero-order valence-corrected chi connectivity index (χ0v) is 31.3. The maximum atomic E-state index is 2.56. The summed E-state index contributed by atoms with van der Waals surface area (Å²) in [5.74, 6) is -0.0144. The van der Waals surface area contributed by atoms with Crippen molar-refractivity contribution >= 4 is 21.8 Å². The van der Waals surface area contributed by atoms with Crippen molar-refractivity contribution in [3.63, 3.8) is 0 Å². The highest BCUT2D eigenvalue weighted by molar-refractivity contribution is 6.09. The first-order valence-corrected chi connectivity index (χ1v) is 20.0. The van der Waals surface area contributed by atoms with Crippen LogP contribution in [-0.2, 0) is 5.41 Å². The molecule has 1 heteroatoms. The third-order valence-corrected chi connectivity index (χ3v) is 12.8. The molecule has 0 aliphatic heterocycles. The molecule has 266 valence electrons. The monoisotopic (exact) mass is 723 g/mol. The third kappa shape index (κ3) is 4.57. The minimum atomic E-state index is -0.402.